The average molecular weight is 461 g/mol. The second-order valence-corrected chi connectivity index (χ2v) is 9.52. The van der Waals surface area contributed by atoms with E-state index < -0.39 is 14.9 Å². The van der Waals surface area contributed by atoms with Crippen molar-refractivity contribution in [3.63, 3.8) is 0 Å². The van der Waals surface area contributed by atoms with Gasteiger partial charge < -0.3 is 10.2 Å². The minimum Gasteiger partial charge on any atom is -0.350 e. The van der Waals surface area contributed by atoms with E-state index >= 15 is 0 Å². The van der Waals surface area contributed by atoms with Gasteiger partial charge in [-0.25, -0.2) is 8.42 Å². The minimum atomic E-state index is -3.78. The van der Waals surface area contributed by atoms with Crippen molar-refractivity contribution in [1.29, 1.82) is 0 Å². The van der Waals surface area contributed by atoms with E-state index in [1.165, 1.54) is 16.4 Å². The molecule has 1 heterocycles. The molecule has 1 amide bonds. The highest BCUT2D eigenvalue weighted by atomic mass is 32.2. The molecular weight excluding hydrogens is 432 g/mol. The fourth-order valence-corrected chi connectivity index (χ4v) is 5.27. The molecule has 0 radical (unpaired) electrons. The van der Waals surface area contributed by atoms with E-state index in [0.29, 0.717) is 37.4 Å². The monoisotopic (exact) mass is 460 g/mol. The molecule has 10 heteroatoms. The van der Waals surface area contributed by atoms with Crippen LogP contribution in [-0.2, 0) is 10.0 Å². The molecular formula is C22H28N4O5S. The summed E-state index contributed by atoms with van der Waals surface area (Å²) in [6.45, 7) is 5.88. The Hall–Kier alpha value is -2.98. The van der Waals surface area contributed by atoms with E-state index in [1.807, 2.05) is 13.8 Å². The lowest BCUT2D eigenvalue weighted by Crippen LogP contribution is -2.35. The zero-order chi connectivity index (χ0) is 23.3. The summed E-state index contributed by atoms with van der Waals surface area (Å²) in [5, 5.41) is 14.6. The molecule has 0 atom stereocenters. The summed E-state index contributed by atoms with van der Waals surface area (Å²) in [6, 6.07) is 10.5. The Morgan fingerprint density at radius 3 is 2.25 bits per heavy atom. The van der Waals surface area contributed by atoms with Crippen LogP contribution in [0.5, 0.6) is 0 Å². The fourth-order valence-electron chi connectivity index (χ4n) is 3.73. The number of piperidine rings is 1. The van der Waals surface area contributed by atoms with Gasteiger partial charge in [0.2, 0.25) is 10.0 Å². The van der Waals surface area contributed by atoms with E-state index in [4.69, 9.17) is 0 Å². The lowest BCUT2D eigenvalue weighted by molar-refractivity contribution is -0.384. The second-order valence-electron chi connectivity index (χ2n) is 7.58. The van der Waals surface area contributed by atoms with Gasteiger partial charge in [-0.15, -0.1) is 0 Å². The number of nitro groups is 1. The second kappa shape index (κ2) is 10.1. The van der Waals surface area contributed by atoms with E-state index in [2.05, 4.69) is 5.32 Å². The van der Waals surface area contributed by atoms with E-state index in [0.717, 1.165) is 25.3 Å². The zero-order valence-corrected chi connectivity index (χ0v) is 19.1. The molecule has 0 unspecified atom stereocenters. The van der Waals surface area contributed by atoms with Crippen LogP contribution in [0.15, 0.2) is 47.4 Å². The number of carbonyl (C=O) groups excluding carboxylic acids is 1. The number of nitrogens with zero attached hydrogens (tertiary/aromatic N) is 3. The van der Waals surface area contributed by atoms with Crippen molar-refractivity contribution < 1.29 is 18.1 Å². The first-order valence-corrected chi connectivity index (χ1v) is 12.2. The van der Waals surface area contributed by atoms with Gasteiger partial charge >= 0.3 is 0 Å². The summed E-state index contributed by atoms with van der Waals surface area (Å²) in [6.07, 6.45) is 2.55. The molecule has 172 valence electrons. The van der Waals surface area contributed by atoms with Crippen molar-refractivity contribution in [2.24, 2.45) is 0 Å². The molecule has 32 heavy (non-hydrogen) atoms. The average Bonchev–Trinajstić information content (AvgIpc) is 2.81. The molecule has 1 aliphatic heterocycles. The van der Waals surface area contributed by atoms with Crippen LogP contribution in [0, 0.1) is 10.1 Å². The van der Waals surface area contributed by atoms with Gasteiger partial charge in [0.1, 0.15) is 5.69 Å². The lowest BCUT2D eigenvalue weighted by Gasteiger charge is -2.25. The number of rotatable bonds is 8. The zero-order valence-electron chi connectivity index (χ0n) is 18.3. The summed E-state index contributed by atoms with van der Waals surface area (Å²) in [7, 11) is -3.78. The van der Waals surface area contributed by atoms with Gasteiger partial charge in [0.25, 0.3) is 11.6 Å². The van der Waals surface area contributed by atoms with Crippen molar-refractivity contribution in [2.45, 2.75) is 38.0 Å². The molecule has 0 spiro atoms. The normalized spacial score (nSPS) is 14.7. The molecule has 1 saturated heterocycles. The van der Waals surface area contributed by atoms with Gasteiger partial charge in [0.05, 0.1) is 9.82 Å². The van der Waals surface area contributed by atoms with Gasteiger partial charge in [-0.1, -0.05) is 6.42 Å². The number of hydrogen-bond donors (Lipinski definition) is 1. The highest BCUT2D eigenvalue weighted by molar-refractivity contribution is 7.89. The largest absolute Gasteiger partial charge is 0.350 e. The van der Waals surface area contributed by atoms with Crippen LogP contribution in [0.3, 0.4) is 0 Å². The third kappa shape index (κ3) is 5.08. The van der Waals surface area contributed by atoms with Crippen LogP contribution < -0.4 is 5.32 Å². The molecule has 1 fully saturated rings. The molecule has 9 nitrogen and oxygen atoms in total. The lowest BCUT2D eigenvalue weighted by atomic mass is 10.1. The van der Waals surface area contributed by atoms with Crippen molar-refractivity contribution >= 4 is 33.0 Å². The summed E-state index contributed by atoms with van der Waals surface area (Å²) in [4.78, 5) is 25.1. The van der Waals surface area contributed by atoms with Crippen LogP contribution in [0.4, 0.5) is 17.1 Å². The van der Waals surface area contributed by atoms with Crippen molar-refractivity contribution in [1.82, 2.24) is 9.21 Å². The standard InChI is InChI=1S/C22H28N4O5S/c1-3-24(4-2)22(27)17-8-10-18(11-9-17)23-20-13-12-19(16-21(20)26(28)29)32(30,31)25-14-6-5-7-15-25/h8-13,16,23H,3-7,14-15H2,1-2H3. The predicted molar refractivity (Wildman–Crippen MR) is 123 cm³/mol. The highest BCUT2D eigenvalue weighted by Gasteiger charge is 2.28. The van der Waals surface area contributed by atoms with Gasteiger partial charge in [-0.3, -0.25) is 14.9 Å². The molecule has 1 aliphatic rings. The fraction of sp³-hybridized carbons (Fsp3) is 0.409. The van der Waals surface area contributed by atoms with Gasteiger partial charge in [-0.05, 0) is 63.1 Å². The Labute approximate surface area is 188 Å². The maximum Gasteiger partial charge on any atom is 0.294 e. The maximum absolute atomic E-state index is 12.9. The van der Waals surface area contributed by atoms with Crippen molar-refractivity contribution in [3.8, 4) is 0 Å². The third-order valence-electron chi connectivity index (χ3n) is 5.58. The molecule has 3 rings (SSSR count). The van der Waals surface area contributed by atoms with Gasteiger partial charge in [0.15, 0.2) is 0 Å². The van der Waals surface area contributed by atoms with Crippen LogP contribution in [-0.4, -0.2) is 54.6 Å². The van der Waals surface area contributed by atoms with Crippen LogP contribution >= 0.6 is 0 Å². The number of carbonyl (C=O) groups is 1. The topological polar surface area (TPSA) is 113 Å². The Kier molecular flexibility index (Phi) is 7.47. The molecule has 0 bridgehead atoms. The van der Waals surface area contributed by atoms with E-state index in [1.54, 1.807) is 29.2 Å². The third-order valence-corrected chi connectivity index (χ3v) is 7.47. The number of nitrogens with one attached hydrogen (secondary N) is 1. The predicted octanol–water partition coefficient (Wildman–Crippen LogP) is 4.00. The van der Waals surface area contributed by atoms with Crippen molar-refractivity contribution in [3.05, 3.63) is 58.1 Å². The van der Waals surface area contributed by atoms with Crippen molar-refractivity contribution in [2.75, 3.05) is 31.5 Å². The molecule has 2 aromatic carbocycles. The number of amides is 1. The maximum atomic E-state index is 12.9. The Morgan fingerprint density at radius 1 is 1.06 bits per heavy atom. The van der Waals surface area contributed by atoms with Gasteiger partial charge in [0, 0.05) is 43.5 Å². The molecule has 0 aliphatic carbocycles. The minimum absolute atomic E-state index is 0.0835. The van der Waals surface area contributed by atoms with Crippen LogP contribution in [0.1, 0.15) is 43.5 Å². The number of nitro benzene ring substituents is 1. The summed E-state index contributed by atoms with van der Waals surface area (Å²) < 4.78 is 27.2. The Bertz CT molecular complexity index is 1080. The quantitative estimate of drug-likeness (QED) is 0.471. The number of anilines is 2. The Morgan fingerprint density at radius 2 is 1.69 bits per heavy atom. The highest BCUT2D eigenvalue weighted by Crippen LogP contribution is 2.32. The number of sulfonamides is 1. The smallest absolute Gasteiger partial charge is 0.294 e. The molecule has 2 aromatic rings. The number of benzene rings is 2. The summed E-state index contributed by atoms with van der Waals surface area (Å²) >= 11 is 0. The van der Waals surface area contributed by atoms with Crippen LogP contribution in [0.25, 0.3) is 0 Å². The van der Waals surface area contributed by atoms with E-state index in [9.17, 15) is 23.3 Å². The summed E-state index contributed by atoms with van der Waals surface area (Å²) in [5.74, 6) is -0.0835. The molecule has 1 N–H and O–H groups in total. The SMILES string of the molecule is CCN(CC)C(=O)c1ccc(Nc2ccc(S(=O)(=O)N3CCCCC3)cc2[N+](=O)[O-])cc1. The molecule has 0 saturated carbocycles. The first-order chi connectivity index (χ1) is 15.3. The van der Waals surface area contributed by atoms with E-state index in [-0.39, 0.29) is 22.2 Å². The first kappa shape index (κ1) is 23.7. The molecule has 0 aromatic heterocycles. The van der Waals surface area contributed by atoms with Gasteiger partial charge in [-0.2, -0.15) is 4.31 Å². The first-order valence-electron chi connectivity index (χ1n) is 10.7. The summed E-state index contributed by atoms with van der Waals surface area (Å²) in [5.41, 5.74) is 0.925. The number of hydrogen-bond acceptors (Lipinski definition) is 6. The van der Waals surface area contributed by atoms with Crippen LogP contribution in [0.2, 0.25) is 0 Å². The Balaban J connectivity index is 1.84.